The van der Waals surface area contributed by atoms with Crippen LogP contribution in [0.5, 0.6) is 0 Å². The molecular weight excluding hydrogens is 270 g/mol. The molecule has 0 saturated carbocycles. The summed E-state index contributed by atoms with van der Waals surface area (Å²) in [7, 11) is 1.09. The highest BCUT2D eigenvalue weighted by Gasteiger charge is 2.32. The number of aldehydes is 1. The molecule has 1 fully saturated rings. The normalized spacial score (nSPS) is 28.6. The predicted molar refractivity (Wildman–Crippen MR) is 84.6 cm³/mol. The summed E-state index contributed by atoms with van der Waals surface area (Å²) in [5.41, 5.74) is 0. The maximum atomic E-state index is 11.2. The SMILES string of the molecule is C[C@H]1CN(C)C[C@H](COCOCC[Si](C)(C)C)[C@H]1C=O. The van der Waals surface area contributed by atoms with Crippen LogP contribution >= 0.6 is 0 Å². The Balaban J connectivity index is 2.21. The van der Waals surface area contributed by atoms with Crippen LogP contribution in [0.3, 0.4) is 0 Å². The summed E-state index contributed by atoms with van der Waals surface area (Å²) in [4.78, 5) is 13.5. The molecule has 3 atom stereocenters. The van der Waals surface area contributed by atoms with Crippen LogP contribution in [0.1, 0.15) is 6.92 Å². The molecule has 0 aromatic rings. The number of hydrogen-bond acceptors (Lipinski definition) is 4. The molecule has 4 nitrogen and oxygen atoms in total. The average molecular weight is 302 g/mol. The van der Waals surface area contributed by atoms with Gasteiger partial charge in [0, 0.05) is 39.6 Å². The van der Waals surface area contributed by atoms with Gasteiger partial charge < -0.3 is 19.2 Å². The third kappa shape index (κ3) is 6.48. The number of ether oxygens (including phenoxy) is 2. The van der Waals surface area contributed by atoms with Crippen molar-refractivity contribution in [2.75, 3.05) is 40.1 Å². The van der Waals surface area contributed by atoms with Crippen LogP contribution in [0.25, 0.3) is 0 Å². The molecule has 0 aromatic carbocycles. The molecule has 1 rings (SSSR count). The minimum Gasteiger partial charge on any atom is -0.356 e. The van der Waals surface area contributed by atoms with Crippen LogP contribution in [-0.4, -0.2) is 59.4 Å². The lowest BCUT2D eigenvalue weighted by atomic mass is 9.80. The summed E-state index contributed by atoms with van der Waals surface area (Å²) in [5.74, 6) is 0.822. The second kappa shape index (κ2) is 8.27. The zero-order chi connectivity index (χ0) is 15.2. The fraction of sp³-hybridized carbons (Fsp3) is 0.933. The topological polar surface area (TPSA) is 38.8 Å². The molecule has 0 radical (unpaired) electrons. The Kier molecular flexibility index (Phi) is 7.37. The second-order valence-corrected chi connectivity index (χ2v) is 13.0. The molecule has 0 aliphatic carbocycles. The molecule has 0 bridgehead atoms. The Morgan fingerprint density at radius 1 is 1.25 bits per heavy atom. The fourth-order valence-electron chi connectivity index (χ4n) is 2.78. The fourth-order valence-corrected chi connectivity index (χ4v) is 3.54. The van der Waals surface area contributed by atoms with Crippen molar-refractivity contribution in [1.82, 2.24) is 4.90 Å². The largest absolute Gasteiger partial charge is 0.356 e. The number of likely N-dealkylation sites (tertiary alicyclic amines) is 1. The van der Waals surface area contributed by atoms with E-state index < -0.39 is 8.07 Å². The monoisotopic (exact) mass is 301 g/mol. The van der Waals surface area contributed by atoms with Crippen molar-refractivity contribution < 1.29 is 14.3 Å². The Morgan fingerprint density at radius 2 is 1.95 bits per heavy atom. The van der Waals surface area contributed by atoms with E-state index in [4.69, 9.17) is 9.47 Å². The van der Waals surface area contributed by atoms with Crippen molar-refractivity contribution in [3.63, 3.8) is 0 Å². The molecule has 0 unspecified atom stereocenters. The first-order chi connectivity index (χ1) is 9.33. The third-order valence-corrected chi connectivity index (χ3v) is 5.70. The lowest BCUT2D eigenvalue weighted by Crippen LogP contribution is -2.45. The van der Waals surface area contributed by atoms with Gasteiger partial charge in [-0.25, -0.2) is 0 Å². The van der Waals surface area contributed by atoms with Crippen LogP contribution in [0, 0.1) is 17.8 Å². The van der Waals surface area contributed by atoms with Crippen LogP contribution in [-0.2, 0) is 14.3 Å². The molecule has 1 aliphatic heterocycles. The molecule has 1 heterocycles. The summed E-state index contributed by atoms with van der Waals surface area (Å²) >= 11 is 0. The van der Waals surface area contributed by atoms with Gasteiger partial charge in [0.25, 0.3) is 0 Å². The summed E-state index contributed by atoms with van der Waals surface area (Å²) in [5, 5.41) is 0. The van der Waals surface area contributed by atoms with E-state index in [1.54, 1.807) is 0 Å². The van der Waals surface area contributed by atoms with Crippen molar-refractivity contribution in [2.45, 2.75) is 32.6 Å². The number of carbonyl (C=O) groups excluding carboxylic acids is 1. The van der Waals surface area contributed by atoms with Crippen LogP contribution < -0.4 is 0 Å². The van der Waals surface area contributed by atoms with Gasteiger partial charge in [-0.1, -0.05) is 26.6 Å². The third-order valence-electron chi connectivity index (χ3n) is 4.00. The second-order valence-electron chi connectivity index (χ2n) is 7.38. The summed E-state index contributed by atoms with van der Waals surface area (Å²) in [6.07, 6.45) is 1.11. The maximum absolute atomic E-state index is 11.2. The quantitative estimate of drug-likeness (QED) is 0.298. The van der Waals surface area contributed by atoms with Crippen molar-refractivity contribution in [3.8, 4) is 0 Å². The van der Waals surface area contributed by atoms with Gasteiger partial charge in [-0.3, -0.25) is 0 Å². The van der Waals surface area contributed by atoms with Crippen LogP contribution in [0.15, 0.2) is 0 Å². The Bertz CT molecular complexity index is 293. The zero-order valence-electron chi connectivity index (χ0n) is 13.7. The molecule has 5 heteroatoms. The van der Waals surface area contributed by atoms with Gasteiger partial charge in [-0.2, -0.15) is 0 Å². The van der Waals surface area contributed by atoms with Gasteiger partial charge in [0.15, 0.2) is 0 Å². The molecule has 0 aromatic heterocycles. The van der Waals surface area contributed by atoms with E-state index in [0.717, 1.165) is 32.0 Å². The Hall–Kier alpha value is -0.233. The molecule has 0 spiro atoms. The van der Waals surface area contributed by atoms with Crippen molar-refractivity contribution in [3.05, 3.63) is 0 Å². The average Bonchev–Trinajstić information content (AvgIpc) is 2.31. The van der Waals surface area contributed by atoms with E-state index in [2.05, 4.69) is 38.5 Å². The lowest BCUT2D eigenvalue weighted by Gasteiger charge is -2.38. The summed E-state index contributed by atoms with van der Waals surface area (Å²) in [6, 6.07) is 1.16. The van der Waals surface area contributed by atoms with E-state index in [1.807, 2.05) is 0 Å². The van der Waals surface area contributed by atoms with Crippen LogP contribution in [0.4, 0.5) is 0 Å². The molecule has 1 saturated heterocycles. The van der Waals surface area contributed by atoms with E-state index in [-0.39, 0.29) is 5.92 Å². The van der Waals surface area contributed by atoms with Crippen LogP contribution in [0.2, 0.25) is 25.7 Å². The standard InChI is InChI=1S/C15H31NO3Si/c1-13-8-16(2)9-14(15(13)10-17)11-19-12-18-6-7-20(3,4)5/h10,13-15H,6-9,11-12H2,1-5H3/t13-,14+,15-/m0/s1. The van der Waals surface area contributed by atoms with E-state index in [9.17, 15) is 4.79 Å². The predicted octanol–water partition coefficient (Wildman–Crippen LogP) is 2.33. The summed E-state index contributed by atoms with van der Waals surface area (Å²) in [6.45, 7) is 12.8. The van der Waals surface area contributed by atoms with E-state index in [0.29, 0.717) is 25.2 Å². The molecule has 1 aliphatic rings. The molecule has 118 valence electrons. The number of nitrogens with zero attached hydrogens (tertiary/aromatic N) is 1. The maximum Gasteiger partial charge on any atom is 0.146 e. The van der Waals surface area contributed by atoms with Gasteiger partial charge >= 0.3 is 0 Å². The molecule has 20 heavy (non-hydrogen) atoms. The molecular formula is C15H31NO3Si. The highest BCUT2D eigenvalue weighted by Crippen LogP contribution is 2.26. The van der Waals surface area contributed by atoms with E-state index in [1.165, 1.54) is 0 Å². The number of rotatable bonds is 8. The first-order valence-corrected chi connectivity index (χ1v) is 11.3. The Labute approximate surface area is 124 Å². The van der Waals surface area contributed by atoms with E-state index >= 15 is 0 Å². The number of carbonyl (C=O) groups is 1. The molecule has 0 N–H and O–H groups in total. The minimum atomic E-state index is -1.02. The van der Waals surface area contributed by atoms with Crippen molar-refractivity contribution in [1.29, 1.82) is 0 Å². The minimum absolute atomic E-state index is 0.119. The van der Waals surface area contributed by atoms with Gasteiger partial charge in [-0.05, 0) is 19.0 Å². The van der Waals surface area contributed by atoms with Crippen molar-refractivity contribution >= 4 is 14.4 Å². The van der Waals surface area contributed by atoms with Gasteiger partial charge in [-0.15, -0.1) is 0 Å². The highest BCUT2D eigenvalue weighted by atomic mass is 28.3. The lowest BCUT2D eigenvalue weighted by molar-refractivity contribution is -0.121. The summed E-state index contributed by atoms with van der Waals surface area (Å²) < 4.78 is 11.2. The van der Waals surface area contributed by atoms with Crippen molar-refractivity contribution in [2.24, 2.45) is 17.8 Å². The van der Waals surface area contributed by atoms with Gasteiger partial charge in [0.05, 0.1) is 6.61 Å². The first-order valence-electron chi connectivity index (χ1n) is 7.63. The first kappa shape index (κ1) is 17.8. The Morgan fingerprint density at radius 3 is 2.55 bits per heavy atom. The highest BCUT2D eigenvalue weighted by molar-refractivity contribution is 6.76. The molecule has 0 amide bonds. The smallest absolute Gasteiger partial charge is 0.146 e. The van der Waals surface area contributed by atoms with Gasteiger partial charge in [0.2, 0.25) is 0 Å². The number of hydrogen-bond donors (Lipinski definition) is 0. The van der Waals surface area contributed by atoms with Gasteiger partial charge in [0.1, 0.15) is 13.1 Å². The number of piperidine rings is 1. The zero-order valence-corrected chi connectivity index (χ0v) is 14.7.